The molecule has 0 saturated heterocycles. The summed E-state index contributed by atoms with van der Waals surface area (Å²) >= 11 is 0. The van der Waals surface area contributed by atoms with Crippen molar-refractivity contribution >= 4 is 0 Å². The van der Waals surface area contributed by atoms with E-state index in [1.165, 1.54) is 18.3 Å². The van der Waals surface area contributed by atoms with Crippen molar-refractivity contribution in [3.8, 4) is 6.07 Å². The first-order valence-electron chi connectivity index (χ1n) is 6.43. The van der Waals surface area contributed by atoms with Gasteiger partial charge in [-0.2, -0.15) is 5.26 Å². The van der Waals surface area contributed by atoms with Gasteiger partial charge in [-0.05, 0) is 24.1 Å². The van der Waals surface area contributed by atoms with Gasteiger partial charge < -0.3 is 5.11 Å². The number of hydrogen-bond donors (Lipinski definition) is 1. The number of aromatic nitrogens is 1. The van der Waals surface area contributed by atoms with Crippen LogP contribution < -0.4 is 0 Å². The number of hydrogen-bond acceptors (Lipinski definition) is 3. The average molecular weight is 270 g/mol. The van der Waals surface area contributed by atoms with Crippen LogP contribution in [-0.2, 0) is 0 Å². The Balaban J connectivity index is 2.42. The second kappa shape index (κ2) is 6.78. The molecule has 0 spiro atoms. The van der Waals surface area contributed by atoms with Gasteiger partial charge in [0.1, 0.15) is 5.82 Å². The topological polar surface area (TPSA) is 56.9 Å². The molecule has 2 atom stereocenters. The smallest absolute Gasteiger partial charge is 0.145 e. The standard InChI is InChI=1S/C16H15FN2O/c17-15-7-4-9-19-16(15)13(8-10-20)14(11-18)12-5-2-1-3-6-12/h1-7,9,13-14,20H,8,10H2/t13-,14+/m1/s1. The summed E-state index contributed by atoms with van der Waals surface area (Å²) in [4.78, 5) is 4.05. The lowest BCUT2D eigenvalue weighted by Crippen LogP contribution is -2.15. The number of aliphatic hydroxyl groups excluding tert-OH is 1. The van der Waals surface area contributed by atoms with E-state index in [2.05, 4.69) is 11.1 Å². The van der Waals surface area contributed by atoms with Crippen LogP contribution in [0, 0.1) is 17.1 Å². The molecular formula is C16H15FN2O. The Hall–Kier alpha value is -2.25. The van der Waals surface area contributed by atoms with Crippen LogP contribution >= 0.6 is 0 Å². The maximum atomic E-state index is 13.9. The van der Waals surface area contributed by atoms with Crippen LogP contribution in [-0.4, -0.2) is 16.7 Å². The minimum Gasteiger partial charge on any atom is -0.396 e. The van der Waals surface area contributed by atoms with Gasteiger partial charge in [-0.3, -0.25) is 4.98 Å². The fourth-order valence-corrected chi connectivity index (χ4v) is 2.33. The monoisotopic (exact) mass is 270 g/mol. The summed E-state index contributed by atoms with van der Waals surface area (Å²) in [5.41, 5.74) is 1.04. The highest BCUT2D eigenvalue weighted by Crippen LogP contribution is 2.35. The number of halogens is 1. The normalized spacial score (nSPS) is 13.4. The SMILES string of the molecule is N#C[C@@H](c1ccccc1)[C@@H](CCO)c1ncccc1F. The van der Waals surface area contributed by atoms with E-state index < -0.39 is 17.7 Å². The Bertz CT molecular complexity index is 595. The van der Waals surface area contributed by atoms with Crippen LogP contribution in [0.25, 0.3) is 0 Å². The van der Waals surface area contributed by atoms with Gasteiger partial charge in [0.2, 0.25) is 0 Å². The fourth-order valence-electron chi connectivity index (χ4n) is 2.33. The van der Waals surface area contributed by atoms with Crippen LogP contribution in [0.15, 0.2) is 48.7 Å². The van der Waals surface area contributed by atoms with Crippen molar-refractivity contribution < 1.29 is 9.50 Å². The number of pyridine rings is 1. The van der Waals surface area contributed by atoms with Crippen LogP contribution in [0.3, 0.4) is 0 Å². The summed E-state index contributed by atoms with van der Waals surface area (Å²) in [5, 5.41) is 18.7. The highest BCUT2D eigenvalue weighted by molar-refractivity contribution is 5.31. The first kappa shape index (κ1) is 14.2. The van der Waals surface area contributed by atoms with Crippen molar-refractivity contribution in [2.45, 2.75) is 18.3 Å². The van der Waals surface area contributed by atoms with Gasteiger partial charge >= 0.3 is 0 Å². The molecule has 0 unspecified atom stereocenters. The fraction of sp³-hybridized carbons (Fsp3) is 0.250. The van der Waals surface area contributed by atoms with Crippen molar-refractivity contribution in [1.82, 2.24) is 4.98 Å². The van der Waals surface area contributed by atoms with Gasteiger partial charge in [0.25, 0.3) is 0 Å². The van der Waals surface area contributed by atoms with E-state index in [9.17, 15) is 14.8 Å². The maximum Gasteiger partial charge on any atom is 0.145 e. The van der Waals surface area contributed by atoms with E-state index in [1.807, 2.05) is 30.3 Å². The van der Waals surface area contributed by atoms with Gasteiger partial charge in [-0.25, -0.2) is 4.39 Å². The molecule has 0 bridgehead atoms. The van der Waals surface area contributed by atoms with Crippen molar-refractivity contribution in [3.63, 3.8) is 0 Å². The summed E-state index contributed by atoms with van der Waals surface area (Å²) in [6.45, 7) is -0.119. The Labute approximate surface area is 117 Å². The molecule has 0 saturated carbocycles. The Morgan fingerprint density at radius 2 is 1.95 bits per heavy atom. The van der Waals surface area contributed by atoms with Gasteiger partial charge in [0.05, 0.1) is 17.7 Å². The molecule has 2 aromatic rings. The number of rotatable bonds is 5. The lowest BCUT2D eigenvalue weighted by atomic mass is 9.82. The van der Waals surface area contributed by atoms with Crippen molar-refractivity contribution in [2.24, 2.45) is 0 Å². The molecule has 2 rings (SSSR count). The third-order valence-corrected chi connectivity index (χ3v) is 3.28. The zero-order chi connectivity index (χ0) is 14.4. The molecule has 4 heteroatoms. The van der Waals surface area contributed by atoms with Crippen molar-refractivity contribution in [3.05, 3.63) is 65.7 Å². The molecule has 1 aromatic heterocycles. The molecule has 0 aliphatic heterocycles. The molecule has 0 aliphatic carbocycles. The molecule has 1 aromatic carbocycles. The highest BCUT2D eigenvalue weighted by Gasteiger charge is 2.27. The van der Waals surface area contributed by atoms with Gasteiger partial charge in [0.15, 0.2) is 0 Å². The van der Waals surface area contributed by atoms with E-state index in [4.69, 9.17) is 0 Å². The zero-order valence-electron chi connectivity index (χ0n) is 10.9. The molecule has 1 N–H and O–H groups in total. The average Bonchev–Trinajstić information content (AvgIpc) is 2.49. The van der Waals surface area contributed by atoms with E-state index in [0.717, 1.165) is 5.56 Å². The number of aliphatic hydroxyl groups is 1. The first-order valence-corrected chi connectivity index (χ1v) is 6.43. The summed E-state index contributed by atoms with van der Waals surface area (Å²) < 4.78 is 13.9. The van der Waals surface area contributed by atoms with Gasteiger partial charge in [0, 0.05) is 18.7 Å². The molecule has 0 radical (unpaired) electrons. The predicted octanol–water partition coefficient (Wildman–Crippen LogP) is 2.99. The summed E-state index contributed by atoms with van der Waals surface area (Å²) in [6, 6.07) is 14.3. The van der Waals surface area contributed by atoms with Crippen LogP contribution in [0.2, 0.25) is 0 Å². The quantitative estimate of drug-likeness (QED) is 0.908. The maximum absolute atomic E-state index is 13.9. The molecule has 0 fully saturated rings. The molecule has 102 valence electrons. The van der Waals surface area contributed by atoms with E-state index >= 15 is 0 Å². The predicted molar refractivity (Wildman–Crippen MR) is 73.4 cm³/mol. The summed E-state index contributed by atoms with van der Waals surface area (Å²) in [5.74, 6) is -1.44. The van der Waals surface area contributed by atoms with E-state index in [0.29, 0.717) is 6.42 Å². The first-order chi connectivity index (χ1) is 9.77. The summed E-state index contributed by atoms with van der Waals surface area (Å²) in [7, 11) is 0. The Morgan fingerprint density at radius 3 is 2.55 bits per heavy atom. The van der Waals surface area contributed by atoms with Crippen molar-refractivity contribution in [2.75, 3.05) is 6.61 Å². The van der Waals surface area contributed by atoms with Crippen LogP contribution in [0.5, 0.6) is 0 Å². The van der Waals surface area contributed by atoms with E-state index in [1.54, 1.807) is 0 Å². The Morgan fingerprint density at radius 1 is 1.20 bits per heavy atom. The third kappa shape index (κ3) is 3.01. The second-order valence-electron chi connectivity index (χ2n) is 4.51. The largest absolute Gasteiger partial charge is 0.396 e. The molecule has 20 heavy (non-hydrogen) atoms. The molecular weight excluding hydrogens is 255 g/mol. The van der Waals surface area contributed by atoms with Crippen molar-refractivity contribution in [1.29, 1.82) is 5.26 Å². The lowest BCUT2D eigenvalue weighted by molar-refractivity contribution is 0.269. The van der Waals surface area contributed by atoms with Gasteiger partial charge in [-0.1, -0.05) is 30.3 Å². The molecule has 1 heterocycles. The third-order valence-electron chi connectivity index (χ3n) is 3.28. The molecule has 0 aliphatic rings. The van der Waals surface area contributed by atoms with Crippen LogP contribution in [0.1, 0.15) is 29.5 Å². The van der Waals surface area contributed by atoms with E-state index in [-0.39, 0.29) is 12.3 Å². The number of nitriles is 1. The minimum absolute atomic E-state index is 0.119. The molecule has 3 nitrogen and oxygen atoms in total. The minimum atomic E-state index is -0.534. The molecule has 0 amide bonds. The van der Waals surface area contributed by atoms with Gasteiger partial charge in [-0.15, -0.1) is 0 Å². The Kier molecular flexibility index (Phi) is 4.80. The number of nitrogens with zero attached hydrogens (tertiary/aromatic N) is 2. The highest BCUT2D eigenvalue weighted by atomic mass is 19.1. The van der Waals surface area contributed by atoms with Crippen LogP contribution in [0.4, 0.5) is 4.39 Å². The lowest BCUT2D eigenvalue weighted by Gasteiger charge is -2.21. The zero-order valence-corrected chi connectivity index (χ0v) is 10.9. The second-order valence-corrected chi connectivity index (χ2v) is 4.51. The summed E-state index contributed by atoms with van der Waals surface area (Å²) in [6.07, 6.45) is 1.79. The number of benzene rings is 1.